The maximum absolute atomic E-state index is 12.9. The summed E-state index contributed by atoms with van der Waals surface area (Å²) in [5.41, 5.74) is 0.190. The van der Waals surface area contributed by atoms with E-state index in [0.29, 0.717) is 42.1 Å². The minimum atomic E-state index is -0.711. The van der Waals surface area contributed by atoms with Crippen molar-refractivity contribution in [2.24, 2.45) is 7.05 Å². The van der Waals surface area contributed by atoms with Gasteiger partial charge in [0.25, 0.3) is 0 Å². The molecule has 2 aromatic rings. The zero-order chi connectivity index (χ0) is 17.2. The number of halogens is 2. The number of rotatable bonds is 4. The molecule has 1 saturated heterocycles. The zero-order valence-corrected chi connectivity index (χ0v) is 14.8. The van der Waals surface area contributed by atoms with Crippen LogP contribution in [0.5, 0.6) is 0 Å². The normalized spacial score (nSPS) is 16.8. The van der Waals surface area contributed by atoms with Gasteiger partial charge in [0.1, 0.15) is 17.6 Å². The molecule has 1 aromatic carbocycles. The lowest BCUT2D eigenvalue weighted by Crippen LogP contribution is -2.42. The predicted octanol–water partition coefficient (Wildman–Crippen LogP) is 3.52. The minimum absolute atomic E-state index is 0.0816. The first-order valence-electron chi connectivity index (χ1n) is 7.70. The van der Waals surface area contributed by atoms with E-state index in [2.05, 4.69) is 4.98 Å². The van der Waals surface area contributed by atoms with Crippen molar-refractivity contribution >= 4 is 29.2 Å². The molecule has 7 heteroatoms. The molecular weight excluding hydrogens is 351 g/mol. The Morgan fingerprint density at radius 2 is 1.96 bits per heavy atom. The summed E-state index contributed by atoms with van der Waals surface area (Å²) in [5.74, 6) is 0.332. The molecule has 128 valence electrons. The number of imidazole rings is 1. The number of carbonyl (C=O) groups excluding carboxylic acids is 1. The van der Waals surface area contributed by atoms with Gasteiger partial charge in [-0.25, -0.2) is 4.98 Å². The molecule has 1 aliphatic rings. The van der Waals surface area contributed by atoms with Crippen LogP contribution in [0.25, 0.3) is 0 Å². The number of hydrogen-bond donors (Lipinski definition) is 0. The molecule has 0 unspecified atom stereocenters. The Morgan fingerprint density at radius 3 is 2.54 bits per heavy atom. The van der Waals surface area contributed by atoms with Crippen LogP contribution >= 0.6 is 23.2 Å². The number of hydrogen-bond acceptors (Lipinski definition) is 4. The highest BCUT2D eigenvalue weighted by molar-refractivity contribution is 6.30. The van der Waals surface area contributed by atoms with E-state index in [1.165, 1.54) is 6.20 Å². The molecule has 0 saturated carbocycles. The Labute approximate surface area is 150 Å². The van der Waals surface area contributed by atoms with Gasteiger partial charge in [-0.15, -0.1) is 0 Å². The van der Waals surface area contributed by atoms with Crippen LogP contribution in [0.1, 0.15) is 24.2 Å². The second-order valence-corrected chi connectivity index (χ2v) is 6.66. The van der Waals surface area contributed by atoms with Gasteiger partial charge in [0, 0.05) is 25.3 Å². The van der Waals surface area contributed by atoms with Gasteiger partial charge < -0.3 is 14.0 Å². The van der Waals surface area contributed by atoms with E-state index in [1.807, 2.05) is 12.1 Å². The van der Waals surface area contributed by atoms with Gasteiger partial charge in [0.2, 0.25) is 0 Å². The first-order chi connectivity index (χ1) is 11.5. The van der Waals surface area contributed by atoms with Crippen molar-refractivity contribution in [3.05, 3.63) is 52.0 Å². The minimum Gasteiger partial charge on any atom is -0.457 e. The third kappa shape index (κ3) is 3.29. The number of aromatic nitrogens is 2. The predicted molar refractivity (Wildman–Crippen MR) is 91.2 cm³/mol. The van der Waals surface area contributed by atoms with Gasteiger partial charge in [-0.2, -0.15) is 0 Å². The van der Waals surface area contributed by atoms with E-state index in [1.54, 1.807) is 23.7 Å². The van der Waals surface area contributed by atoms with E-state index in [0.717, 1.165) is 5.56 Å². The van der Waals surface area contributed by atoms with E-state index >= 15 is 0 Å². The second kappa shape index (κ2) is 7.13. The quantitative estimate of drug-likeness (QED) is 0.774. The molecule has 0 bridgehead atoms. The summed E-state index contributed by atoms with van der Waals surface area (Å²) in [6.07, 6.45) is 2.69. The number of ether oxygens (including phenoxy) is 2. The Morgan fingerprint density at radius 1 is 1.29 bits per heavy atom. The molecule has 24 heavy (non-hydrogen) atoms. The van der Waals surface area contributed by atoms with Crippen molar-refractivity contribution in [3.63, 3.8) is 0 Å². The lowest BCUT2D eigenvalue weighted by Gasteiger charge is -2.35. The first kappa shape index (κ1) is 17.3. The molecule has 0 radical (unpaired) electrons. The number of benzene rings is 1. The van der Waals surface area contributed by atoms with Crippen LogP contribution in [0.2, 0.25) is 10.2 Å². The summed E-state index contributed by atoms with van der Waals surface area (Å²) in [6, 6.07) is 7.35. The van der Waals surface area contributed by atoms with E-state index < -0.39 is 5.41 Å². The van der Waals surface area contributed by atoms with E-state index in [9.17, 15) is 4.79 Å². The summed E-state index contributed by atoms with van der Waals surface area (Å²) in [7, 11) is 1.78. The SMILES string of the molecule is Cn1c(Cl)cnc1COC(=O)C1(c2ccc(Cl)cc2)CCOCC1. The Hall–Kier alpha value is -1.56. The fraction of sp³-hybridized carbons (Fsp3) is 0.412. The van der Waals surface area contributed by atoms with Gasteiger partial charge in [-0.05, 0) is 30.5 Å². The molecule has 1 fully saturated rings. The van der Waals surface area contributed by atoms with Crippen molar-refractivity contribution in [1.29, 1.82) is 0 Å². The third-order valence-electron chi connectivity index (χ3n) is 4.49. The zero-order valence-electron chi connectivity index (χ0n) is 13.3. The maximum Gasteiger partial charge on any atom is 0.317 e. The summed E-state index contributed by atoms with van der Waals surface area (Å²) in [4.78, 5) is 17.1. The molecule has 1 aromatic heterocycles. The molecule has 0 spiro atoms. The summed E-state index contributed by atoms with van der Waals surface area (Å²) < 4.78 is 12.7. The molecule has 1 aliphatic heterocycles. The molecule has 3 rings (SSSR count). The molecule has 0 amide bonds. The largest absolute Gasteiger partial charge is 0.457 e. The van der Waals surface area contributed by atoms with Crippen LogP contribution in [-0.4, -0.2) is 28.7 Å². The average Bonchev–Trinajstić information content (AvgIpc) is 2.92. The molecular formula is C17H18Cl2N2O3. The molecule has 2 heterocycles. The van der Waals surface area contributed by atoms with Crippen molar-refractivity contribution < 1.29 is 14.3 Å². The van der Waals surface area contributed by atoms with Gasteiger partial charge >= 0.3 is 5.97 Å². The van der Waals surface area contributed by atoms with E-state index in [4.69, 9.17) is 32.7 Å². The highest BCUT2D eigenvalue weighted by Crippen LogP contribution is 2.37. The Balaban J connectivity index is 1.81. The Bertz CT molecular complexity index is 722. The van der Waals surface area contributed by atoms with Crippen LogP contribution in [0.4, 0.5) is 0 Å². The number of nitrogens with zero attached hydrogens (tertiary/aromatic N) is 2. The van der Waals surface area contributed by atoms with Gasteiger partial charge in [-0.1, -0.05) is 35.3 Å². The van der Waals surface area contributed by atoms with Crippen LogP contribution in [0.15, 0.2) is 30.5 Å². The Kier molecular flexibility index (Phi) is 5.13. The molecule has 5 nitrogen and oxygen atoms in total. The number of esters is 1. The average molecular weight is 369 g/mol. The lowest BCUT2D eigenvalue weighted by molar-refractivity contribution is -0.156. The third-order valence-corrected chi connectivity index (χ3v) is 5.10. The molecule has 0 N–H and O–H groups in total. The summed E-state index contributed by atoms with van der Waals surface area (Å²) >= 11 is 11.9. The highest BCUT2D eigenvalue weighted by atomic mass is 35.5. The molecule has 0 atom stereocenters. The van der Waals surface area contributed by atoms with Crippen molar-refractivity contribution in [1.82, 2.24) is 9.55 Å². The van der Waals surface area contributed by atoms with Crippen LogP contribution in [-0.2, 0) is 33.3 Å². The highest BCUT2D eigenvalue weighted by Gasteiger charge is 2.43. The topological polar surface area (TPSA) is 53.4 Å². The smallest absolute Gasteiger partial charge is 0.317 e. The van der Waals surface area contributed by atoms with Crippen molar-refractivity contribution in [3.8, 4) is 0 Å². The number of carbonyl (C=O) groups is 1. The van der Waals surface area contributed by atoms with E-state index in [-0.39, 0.29) is 12.6 Å². The van der Waals surface area contributed by atoms with Gasteiger partial charge in [0.15, 0.2) is 0 Å². The maximum atomic E-state index is 12.9. The van der Waals surface area contributed by atoms with Gasteiger partial charge in [0.05, 0.1) is 11.6 Å². The van der Waals surface area contributed by atoms with Gasteiger partial charge in [-0.3, -0.25) is 4.79 Å². The summed E-state index contributed by atoms with van der Waals surface area (Å²) in [5, 5.41) is 1.14. The van der Waals surface area contributed by atoms with Crippen molar-refractivity contribution in [2.45, 2.75) is 24.9 Å². The summed E-state index contributed by atoms with van der Waals surface area (Å²) in [6.45, 7) is 1.12. The first-order valence-corrected chi connectivity index (χ1v) is 8.46. The second-order valence-electron chi connectivity index (χ2n) is 5.83. The van der Waals surface area contributed by atoms with Crippen LogP contribution in [0.3, 0.4) is 0 Å². The fourth-order valence-electron chi connectivity index (χ4n) is 2.93. The molecule has 0 aliphatic carbocycles. The standard InChI is InChI=1S/C17H18Cl2N2O3/c1-21-14(19)10-20-15(21)11-24-16(22)17(6-8-23-9-7-17)12-2-4-13(18)5-3-12/h2-5,10H,6-9,11H2,1H3. The van der Waals surface area contributed by atoms with Crippen LogP contribution < -0.4 is 0 Å². The fourth-order valence-corrected chi connectivity index (χ4v) is 3.20. The lowest BCUT2D eigenvalue weighted by atomic mass is 9.74. The van der Waals surface area contributed by atoms with Crippen molar-refractivity contribution in [2.75, 3.05) is 13.2 Å². The monoisotopic (exact) mass is 368 g/mol. The van der Waals surface area contributed by atoms with Crippen LogP contribution in [0, 0.1) is 0 Å².